The molecule has 2 heterocycles. The fourth-order valence-electron chi connectivity index (χ4n) is 15.2. The van der Waals surface area contributed by atoms with Gasteiger partial charge in [-0.2, -0.15) is 0 Å². The van der Waals surface area contributed by atoms with Gasteiger partial charge in [0.25, 0.3) is 0 Å². The van der Waals surface area contributed by atoms with Crippen LogP contribution in [-0.2, 0) is 5.41 Å². The highest BCUT2D eigenvalue weighted by Gasteiger charge is 2.41. The number of hydrogen-bond acceptors (Lipinski definition) is 4. The third kappa shape index (κ3) is 7.12. The zero-order valence-corrected chi connectivity index (χ0v) is 45.1. The molecular formula is C75H62N2O2. The number of benzene rings is 11. The minimum atomic E-state index is -0.354. The minimum absolute atomic E-state index is 0.354. The topological polar surface area (TPSA) is 32.8 Å². The van der Waals surface area contributed by atoms with E-state index in [9.17, 15) is 0 Å². The molecule has 2 aromatic heterocycles. The molecule has 0 radical (unpaired) electrons. The lowest BCUT2D eigenvalue weighted by atomic mass is 9.77. The van der Waals surface area contributed by atoms with Crippen LogP contribution in [0.4, 0.5) is 34.1 Å². The highest BCUT2D eigenvalue weighted by Crippen LogP contribution is 2.60. The predicted octanol–water partition coefficient (Wildman–Crippen LogP) is 22.3. The maximum Gasteiger partial charge on any atom is 0.159 e. The molecule has 13 aromatic rings. The van der Waals surface area contributed by atoms with Crippen molar-refractivity contribution in [2.45, 2.75) is 95.3 Å². The molecule has 0 amide bonds. The summed E-state index contributed by atoms with van der Waals surface area (Å²) >= 11 is 0. The fraction of sp³-hybridized carbons (Fsp3) is 0.200. The molecule has 0 atom stereocenters. The molecule has 11 aromatic carbocycles. The summed E-state index contributed by atoms with van der Waals surface area (Å²) in [5.74, 6) is 1.05. The van der Waals surface area contributed by atoms with E-state index in [0.717, 1.165) is 67.2 Å². The molecule has 2 saturated carbocycles. The Balaban J connectivity index is 0.910. The van der Waals surface area contributed by atoms with Crippen molar-refractivity contribution >= 4 is 110 Å². The number of rotatable bonds is 8. The third-order valence-electron chi connectivity index (χ3n) is 18.7. The Hall–Kier alpha value is -8.60. The summed E-state index contributed by atoms with van der Waals surface area (Å²) in [6.45, 7) is 4.92. The number of fused-ring (bicyclic) bond motifs is 16. The molecule has 4 heteroatoms. The SMILES string of the molecule is CC1(C)c2c(cc(N(c3ccccc3)c3cccc4c3oc3c(C5CCCCC5)cccc34)c3ccccc23)-c2c1c1ccc(N(c3ccccc3)c3cccc4c3oc3c(C5CCCCC5)cccc34)cc1c1ccccc21. The molecule has 16 rings (SSSR count). The van der Waals surface area contributed by atoms with Crippen LogP contribution in [0.25, 0.3) is 87.3 Å². The van der Waals surface area contributed by atoms with Crippen molar-refractivity contribution in [2.75, 3.05) is 9.80 Å². The van der Waals surface area contributed by atoms with Crippen LogP contribution in [0.1, 0.15) is 112 Å². The molecule has 4 nitrogen and oxygen atoms in total. The van der Waals surface area contributed by atoms with Crippen LogP contribution >= 0.6 is 0 Å². The van der Waals surface area contributed by atoms with Crippen LogP contribution in [0.5, 0.6) is 0 Å². The zero-order chi connectivity index (χ0) is 52.3. The van der Waals surface area contributed by atoms with Crippen LogP contribution < -0.4 is 9.80 Å². The Morgan fingerprint density at radius 3 is 1.37 bits per heavy atom. The van der Waals surface area contributed by atoms with Crippen molar-refractivity contribution in [1.82, 2.24) is 0 Å². The van der Waals surface area contributed by atoms with E-state index in [4.69, 9.17) is 8.83 Å². The van der Waals surface area contributed by atoms with Crippen molar-refractivity contribution in [1.29, 1.82) is 0 Å². The highest BCUT2D eigenvalue weighted by molar-refractivity contribution is 6.22. The average Bonchev–Trinajstić information content (AvgIpc) is 3.79. The first-order valence-corrected chi connectivity index (χ1v) is 29.1. The van der Waals surface area contributed by atoms with Crippen molar-refractivity contribution in [3.63, 3.8) is 0 Å². The van der Waals surface area contributed by atoms with Gasteiger partial charge in [0.05, 0.1) is 17.1 Å². The fourth-order valence-corrected chi connectivity index (χ4v) is 15.2. The lowest BCUT2D eigenvalue weighted by Gasteiger charge is -2.30. The lowest BCUT2D eigenvalue weighted by Crippen LogP contribution is -2.17. The second-order valence-corrected chi connectivity index (χ2v) is 23.5. The average molecular weight is 1020 g/mol. The van der Waals surface area contributed by atoms with Gasteiger partial charge in [-0.1, -0.05) is 204 Å². The van der Waals surface area contributed by atoms with E-state index in [1.54, 1.807) is 0 Å². The van der Waals surface area contributed by atoms with E-state index in [-0.39, 0.29) is 5.41 Å². The summed E-state index contributed by atoms with van der Waals surface area (Å²) in [4.78, 5) is 4.90. The van der Waals surface area contributed by atoms with Gasteiger partial charge in [0.1, 0.15) is 11.2 Å². The minimum Gasteiger partial charge on any atom is -0.454 e. The van der Waals surface area contributed by atoms with Gasteiger partial charge in [-0.25, -0.2) is 0 Å². The summed E-state index contributed by atoms with van der Waals surface area (Å²) in [7, 11) is 0. The predicted molar refractivity (Wildman–Crippen MR) is 332 cm³/mol. The van der Waals surface area contributed by atoms with Gasteiger partial charge in [0, 0.05) is 49.4 Å². The first kappa shape index (κ1) is 46.5. The molecule has 2 fully saturated rings. The zero-order valence-electron chi connectivity index (χ0n) is 45.1. The Bertz CT molecular complexity index is 4550. The van der Waals surface area contributed by atoms with Crippen LogP contribution in [0, 0.1) is 0 Å². The van der Waals surface area contributed by atoms with Crippen molar-refractivity contribution < 1.29 is 8.83 Å². The first-order chi connectivity index (χ1) is 39.0. The van der Waals surface area contributed by atoms with E-state index in [1.165, 1.54) is 141 Å². The van der Waals surface area contributed by atoms with Gasteiger partial charge in [-0.05, 0) is 152 Å². The molecule has 0 bridgehead atoms. The van der Waals surface area contributed by atoms with Gasteiger partial charge in [0.15, 0.2) is 11.2 Å². The number of furan rings is 2. The second-order valence-electron chi connectivity index (χ2n) is 23.5. The largest absolute Gasteiger partial charge is 0.454 e. The molecule has 0 aliphatic heterocycles. The van der Waals surface area contributed by atoms with Gasteiger partial charge in [-0.3, -0.25) is 0 Å². The molecule has 79 heavy (non-hydrogen) atoms. The quantitative estimate of drug-likeness (QED) is 0.142. The van der Waals surface area contributed by atoms with E-state index in [0.29, 0.717) is 11.8 Å². The monoisotopic (exact) mass is 1020 g/mol. The molecule has 0 spiro atoms. The molecule has 3 aliphatic rings. The van der Waals surface area contributed by atoms with Crippen LogP contribution in [0.3, 0.4) is 0 Å². The number of anilines is 6. The summed E-state index contributed by atoms with van der Waals surface area (Å²) in [5.41, 5.74) is 18.1. The number of nitrogens with zero attached hydrogens (tertiary/aromatic N) is 2. The summed E-state index contributed by atoms with van der Waals surface area (Å²) < 4.78 is 14.5. The Morgan fingerprint density at radius 1 is 0.329 bits per heavy atom. The van der Waals surface area contributed by atoms with E-state index in [1.807, 2.05) is 0 Å². The Morgan fingerprint density at radius 2 is 0.785 bits per heavy atom. The van der Waals surface area contributed by atoms with Crippen LogP contribution in [-0.4, -0.2) is 0 Å². The first-order valence-electron chi connectivity index (χ1n) is 29.1. The number of para-hydroxylation sites is 6. The molecular weight excluding hydrogens is 961 g/mol. The summed E-state index contributed by atoms with van der Waals surface area (Å²) in [5, 5.41) is 12.2. The van der Waals surface area contributed by atoms with Crippen molar-refractivity contribution in [2.24, 2.45) is 0 Å². The van der Waals surface area contributed by atoms with Gasteiger partial charge in [-0.15, -0.1) is 0 Å². The highest BCUT2D eigenvalue weighted by atomic mass is 16.3. The van der Waals surface area contributed by atoms with E-state index >= 15 is 0 Å². The summed E-state index contributed by atoms with van der Waals surface area (Å²) in [6.07, 6.45) is 12.7. The van der Waals surface area contributed by atoms with Crippen molar-refractivity contribution in [3.05, 3.63) is 229 Å². The van der Waals surface area contributed by atoms with Gasteiger partial charge >= 0.3 is 0 Å². The maximum absolute atomic E-state index is 7.29. The van der Waals surface area contributed by atoms with Crippen LogP contribution in [0.2, 0.25) is 0 Å². The molecule has 0 N–H and O–H groups in total. The Kier molecular flexibility index (Phi) is 10.7. The molecule has 384 valence electrons. The van der Waals surface area contributed by atoms with Crippen LogP contribution in [0.15, 0.2) is 215 Å². The second kappa shape index (κ2) is 18.2. The van der Waals surface area contributed by atoms with E-state index in [2.05, 4.69) is 230 Å². The smallest absolute Gasteiger partial charge is 0.159 e. The third-order valence-corrected chi connectivity index (χ3v) is 18.7. The lowest BCUT2D eigenvalue weighted by molar-refractivity contribution is 0.442. The molecule has 3 aliphatic carbocycles. The summed E-state index contributed by atoms with van der Waals surface area (Å²) in [6, 6.07) is 76.9. The van der Waals surface area contributed by atoms with Gasteiger partial charge < -0.3 is 18.6 Å². The maximum atomic E-state index is 7.29. The molecule has 0 saturated heterocycles. The Labute approximate surface area is 461 Å². The standard InChI is InChI=1S/C75H62N2O2/c1-75(2)69-57-34-18-16-32-55(57)67(77(50-29-13-6-14-30-50)66-42-22-40-62-60-38-20-36-53(72(60)79-74(62)66)48-25-9-4-10-26-48)46-64(69)68-56-33-17-15-31-54(56)63-45-51(43-44-58(63)70(68)75)76(49-27-11-5-12-28-49)65-41-21-39-61-59-37-19-35-52(71(59)78-73(61)65)47-23-7-3-8-24-47/h5-6,11-22,27-48H,3-4,7-10,23-26H2,1-2H3. The number of hydrogen-bond donors (Lipinski definition) is 0. The normalized spacial score (nSPS) is 15.7. The van der Waals surface area contributed by atoms with Crippen molar-refractivity contribution in [3.8, 4) is 11.1 Å². The van der Waals surface area contributed by atoms with Gasteiger partial charge in [0.2, 0.25) is 0 Å². The van der Waals surface area contributed by atoms with E-state index < -0.39 is 0 Å². The molecule has 0 unspecified atom stereocenters.